The van der Waals surface area contributed by atoms with Crippen molar-refractivity contribution in [1.82, 2.24) is 13.6 Å². The molecule has 0 spiro atoms. The van der Waals surface area contributed by atoms with Crippen molar-refractivity contribution in [1.29, 1.82) is 5.26 Å². The highest BCUT2D eigenvalue weighted by molar-refractivity contribution is 7.86. The summed E-state index contributed by atoms with van der Waals surface area (Å²) in [5.41, 5.74) is 0.516. The van der Waals surface area contributed by atoms with E-state index < -0.39 is 10.2 Å². The number of rotatable bonds is 3. The van der Waals surface area contributed by atoms with Crippen molar-refractivity contribution in [2.45, 2.75) is 0 Å². The van der Waals surface area contributed by atoms with Crippen LogP contribution in [-0.2, 0) is 10.2 Å². The first kappa shape index (κ1) is 14.7. The van der Waals surface area contributed by atoms with Crippen molar-refractivity contribution >= 4 is 16.0 Å². The third kappa shape index (κ3) is 2.90. The summed E-state index contributed by atoms with van der Waals surface area (Å²) in [4.78, 5) is 6.24. The van der Waals surface area contributed by atoms with E-state index in [4.69, 9.17) is 5.26 Å². The van der Waals surface area contributed by atoms with Gasteiger partial charge in [0.25, 0.3) is 10.2 Å². The van der Waals surface area contributed by atoms with Crippen LogP contribution in [0.5, 0.6) is 0 Å². The third-order valence-electron chi connectivity index (χ3n) is 3.23. The largest absolute Gasteiger partial charge is 0.354 e. The Kier molecular flexibility index (Phi) is 4.23. The summed E-state index contributed by atoms with van der Waals surface area (Å²) in [7, 11) is -0.276. The molecule has 2 rings (SSSR count). The summed E-state index contributed by atoms with van der Waals surface area (Å²) < 4.78 is 26.7. The molecular weight excluding hydrogens is 278 g/mol. The molecule has 1 aromatic rings. The molecule has 2 heterocycles. The number of nitrogens with zero attached hydrogens (tertiary/aromatic N) is 5. The van der Waals surface area contributed by atoms with E-state index in [9.17, 15) is 8.42 Å². The highest BCUT2D eigenvalue weighted by atomic mass is 32.2. The lowest BCUT2D eigenvalue weighted by Crippen LogP contribution is -2.51. The van der Waals surface area contributed by atoms with Gasteiger partial charge in [0.2, 0.25) is 0 Å². The minimum Gasteiger partial charge on any atom is -0.354 e. The van der Waals surface area contributed by atoms with Gasteiger partial charge in [0.15, 0.2) is 0 Å². The standard InChI is InChI=1S/C12H17N5O2S/c1-15(2)20(18,19)17-7-5-16(6-8-17)12-4-3-11(9-13)10-14-12/h3-4,10H,5-8H2,1-2H3. The van der Waals surface area contributed by atoms with Crippen LogP contribution in [0.25, 0.3) is 0 Å². The molecule has 0 atom stereocenters. The maximum atomic E-state index is 12.0. The molecule has 0 unspecified atom stereocenters. The number of hydrogen-bond acceptors (Lipinski definition) is 5. The fourth-order valence-electron chi connectivity index (χ4n) is 2.02. The van der Waals surface area contributed by atoms with E-state index in [1.165, 1.54) is 28.9 Å². The number of hydrogen-bond donors (Lipinski definition) is 0. The van der Waals surface area contributed by atoms with Gasteiger partial charge in [0.05, 0.1) is 5.56 Å². The van der Waals surface area contributed by atoms with Gasteiger partial charge in [-0.25, -0.2) is 4.98 Å². The van der Waals surface area contributed by atoms with Crippen LogP contribution in [0, 0.1) is 11.3 Å². The summed E-state index contributed by atoms with van der Waals surface area (Å²) in [5.74, 6) is 0.769. The topological polar surface area (TPSA) is 80.5 Å². The van der Waals surface area contributed by atoms with Crippen LogP contribution in [0.2, 0.25) is 0 Å². The molecule has 0 saturated carbocycles. The van der Waals surface area contributed by atoms with Crippen LogP contribution in [0.15, 0.2) is 18.3 Å². The summed E-state index contributed by atoms with van der Waals surface area (Å²) in [6.07, 6.45) is 1.53. The molecule has 0 aromatic carbocycles. The average molecular weight is 295 g/mol. The summed E-state index contributed by atoms with van der Waals surface area (Å²) in [6, 6.07) is 5.52. The maximum absolute atomic E-state index is 12.0. The fraction of sp³-hybridized carbons (Fsp3) is 0.500. The van der Waals surface area contributed by atoms with Gasteiger partial charge in [-0.15, -0.1) is 0 Å². The molecule has 0 radical (unpaired) electrons. The van der Waals surface area contributed by atoms with Gasteiger partial charge < -0.3 is 4.90 Å². The molecule has 20 heavy (non-hydrogen) atoms. The van der Waals surface area contributed by atoms with E-state index in [1.54, 1.807) is 12.1 Å². The molecule has 108 valence electrons. The van der Waals surface area contributed by atoms with E-state index in [2.05, 4.69) is 4.98 Å². The average Bonchev–Trinajstić information content (AvgIpc) is 2.47. The fourth-order valence-corrected chi connectivity index (χ4v) is 3.10. The number of nitriles is 1. The Morgan fingerprint density at radius 2 is 1.90 bits per heavy atom. The molecule has 0 aliphatic carbocycles. The molecule has 0 bridgehead atoms. The predicted octanol–water partition coefficient (Wildman–Crippen LogP) is -0.118. The normalized spacial score (nSPS) is 17.2. The number of piperazine rings is 1. The first-order valence-corrected chi connectivity index (χ1v) is 7.63. The Morgan fingerprint density at radius 3 is 2.35 bits per heavy atom. The highest BCUT2D eigenvalue weighted by Gasteiger charge is 2.28. The second-order valence-corrected chi connectivity index (χ2v) is 6.84. The van der Waals surface area contributed by atoms with Gasteiger partial charge in [0, 0.05) is 46.5 Å². The lowest BCUT2D eigenvalue weighted by molar-refractivity contribution is 0.355. The van der Waals surface area contributed by atoms with Crippen molar-refractivity contribution in [3.8, 4) is 6.07 Å². The second-order valence-electron chi connectivity index (χ2n) is 4.69. The van der Waals surface area contributed by atoms with E-state index in [-0.39, 0.29) is 0 Å². The Morgan fingerprint density at radius 1 is 1.25 bits per heavy atom. The van der Waals surface area contributed by atoms with Gasteiger partial charge in [-0.1, -0.05) is 0 Å². The van der Waals surface area contributed by atoms with E-state index in [0.717, 1.165) is 5.82 Å². The van der Waals surface area contributed by atoms with Crippen LogP contribution in [0.3, 0.4) is 0 Å². The maximum Gasteiger partial charge on any atom is 0.281 e. The molecule has 0 amide bonds. The first-order valence-electron chi connectivity index (χ1n) is 6.24. The van der Waals surface area contributed by atoms with Crippen LogP contribution < -0.4 is 4.90 Å². The van der Waals surface area contributed by atoms with Gasteiger partial charge in [-0.3, -0.25) is 0 Å². The zero-order chi connectivity index (χ0) is 14.8. The van der Waals surface area contributed by atoms with Gasteiger partial charge in [0.1, 0.15) is 11.9 Å². The van der Waals surface area contributed by atoms with Crippen molar-refractivity contribution in [2.75, 3.05) is 45.2 Å². The molecule has 1 aromatic heterocycles. The smallest absolute Gasteiger partial charge is 0.281 e. The molecule has 8 heteroatoms. The van der Waals surface area contributed by atoms with E-state index >= 15 is 0 Å². The molecule has 1 aliphatic rings. The second kappa shape index (κ2) is 5.75. The van der Waals surface area contributed by atoms with E-state index in [1.807, 2.05) is 11.0 Å². The number of pyridine rings is 1. The highest BCUT2D eigenvalue weighted by Crippen LogP contribution is 2.16. The van der Waals surface area contributed by atoms with Crippen LogP contribution in [0.1, 0.15) is 5.56 Å². The summed E-state index contributed by atoms with van der Waals surface area (Å²) >= 11 is 0. The Labute approximate surface area is 119 Å². The number of anilines is 1. The molecule has 7 nitrogen and oxygen atoms in total. The van der Waals surface area contributed by atoms with Gasteiger partial charge in [-0.05, 0) is 12.1 Å². The third-order valence-corrected chi connectivity index (χ3v) is 5.17. The van der Waals surface area contributed by atoms with Crippen LogP contribution >= 0.6 is 0 Å². The van der Waals surface area contributed by atoms with Gasteiger partial charge >= 0.3 is 0 Å². The lowest BCUT2D eigenvalue weighted by Gasteiger charge is -2.35. The quantitative estimate of drug-likeness (QED) is 0.777. The minimum absolute atomic E-state index is 0.433. The minimum atomic E-state index is -3.34. The monoisotopic (exact) mass is 295 g/mol. The van der Waals surface area contributed by atoms with Crippen molar-refractivity contribution in [3.63, 3.8) is 0 Å². The lowest BCUT2D eigenvalue weighted by atomic mass is 10.3. The molecule has 1 aliphatic heterocycles. The Hall–Kier alpha value is -1.69. The summed E-state index contributed by atoms with van der Waals surface area (Å²) in [5, 5.41) is 8.73. The summed E-state index contributed by atoms with van der Waals surface area (Å²) in [6.45, 7) is 2.04. The Bertz CT molecular complexity index is 598. The van der Waals surface area contributed by atoms with Crippen LogP contribution in [-0.4, -0.2) is 62.3 Å². The van der Waals surface area contributed by atoms with Crippen molar-refractivity contribution in [3.05, 3.63) is 23.9 Å². The number of aromatic nitrogens is 1. The molecular formula is C12H17N5O2S. The van der Waals surface area contributed by atoms with Gasteiger partial charge in [-0.2, -0.15) is 22.3 Å². The van der Waals surface area contributed by atoms with E-state index in [0.29, 0.717) is 31.7 Å². The predicted molar refractivity (Wildman–Crippen MR) is 75.3 cm³/mol. The zero-order valence-corrected chi connectivity index (χ0v) is 12.3. The zero-order valence-electron chi connectivity index (χ0n) is 11.5. The van der Waals surface area contributed by atoms with Crippen molar-refractivity contribution in [2.24, 2.45) is 0 Å². The molecule has 0 N–H and O–H groups in total. The van der Waals surface area contributed by atoms with Crippen LogP contribution in [0.4, 0.5) is 5.82 Å². The molecule has 1 saturated heterocycles. The van der Waals surface area contributed by atoms with Crippen molar-refractivity contribution < 1.29 is 8.42 Å². The Balaban J connectivity index is 2.03. The first-order chi connectivity index (χ1) is 9.45. The molecule has 1 fully saturated rings. The SMILES string of the molecule is CN(C)S(=O)(=O)N1CCN(c2ccc(C#N)cn2)CC1.